The highest BCUT2D eigenvalue weighted by atomic mass is 32.2. The van der Waals surface area contributed by atoms with Gasteiger partial charge in [-0.2, -0.15) is 5.26 Å². The monoisotopic (exact) mass is 375 g/mol. The number of rotatable bonds is 6. The minimum absolute atomic E-state index is 0.0827. The number of aryl methyl sites for hydroxylation is 1. The number of ether oxygens (including phenoxy) is 1. The van der Waals surface area contributed by atoms with Crippen molar-refractivity contribution in [3.05, 3.63) is 22.9 Å². The van der Waals surface area contributed by atoms with E-state index in [9.17, 15) is 14.9 Å². The lowest BCUT2D eigenvalue weighted by atomic mass is 10.0. The molecule has 0 radical (unpaired) electrons. The second-order valence-electron chi connectivity index (χ2n) is 6.24. The molecule has 2 rings (SSSR count). The van der Waals surface area contributed by atoms with Crippen LogP contribution in [0.25, 0.3) is 0 Å². The van der Waals surface area contributed by atoms with Crippen molar-refractivity contribution in [3.8, 4) is 6.07 Å². The zero-order chi connectivity index (χ0) is 19.1. The van der Waals surface area contributed by atoms with Gasteiger partial charge in [0, 0.05) is 12.6 Å². The Hall–Kier alpha value is -2.07. The number of nitriles is 1. The molecular formula is C19H25N3O3S. The molecule has 1 aliphatic rings. The van der Waals surface area contributed by atoms with Gasteiger partial charge in [0.15, 0.2) is 0 Å². The summed E-state index contributed by atoms with van der Waals surface area (Å²) in [6, 6.07) is 3.88. The second kappa shape index (κ2) is 9.58. The molecule has 7 heteroatoms. The number of esters is 1. The maximum absolute atomic E-state index is 12.6. The zero-order valence-electron chi connectivity index (χ0n) is 15.6. The number of pyridine rings is 1. The molecule has 0 aliphatic carbocycles. The third kappa shape index (κ3) is 4.76. The van der Waals surface area contributed by atoms with Gasteiger partial charge in [0.25, 0.3) is 0 Å². The number of aromatic nitrogens is 1. The van der Waals surface area contributed by atoms with Gasteiger partial charge in [0.2, 0.25) is 5.91 Å². The Kier molecular flexibility index (Phi) is 7.46. The van der Waals surface area contributed by atoms with E-state index in [0.29, 0.717) is 27.9 Å². The Balaban J connectivity index is 2.11. The highest BCUT2D eigenvalue weighted by molar-refractivity contribution is 8.00. The lowest BCUT2D eigenvalue weighted by molar-refractivity contribution is -0.132. The molecule has 6 nitrogen and oxygen atoms in total. The summed E-state index contributed by atoms with van der Waals surface area (Å²) in [6.45, 7) is 6.61. The minimum Gasteiger partial charge on any atom is -0.462 e. The van der Waals surface area contributed by atoms with Crippen LogP contribution < -0.4 is 0 Å². The van der Waals surface area contributed by atoms with Crippen LogP contribution in [0.5, 0.6) is 0 Å². The molecule has 0 saturated carbocycles. The van der Waals surface area contributed by atoms with Crippen molar-refractivity contribution in [3.63, 3.8) is 0 Å². The molecule has 140 valence electrons. The van der Waals surface area contributed by atoms with E-state index in [2.05, 4.69) is 18.0 Å². The van der Waals surface area contributed by atoms with Crippen molar-refractivity contribution in [2.75, 3.05) is 18.9 Å². The first-order chi connectivity index (χ1) is 12.5. The number of hydrogen-bond acceptors (Lipinski definition) is 6. The van der Waals surface area contributed by atoms with Crippen LogP contribution in [-0.4, -0.2) is 46.7 Å². The van der Waals surface area contributed by atoms with Gasteiger partial charge in [-0.3, -0.25) is 4.79 Å². The molecule has 1 amide bonds. The number of likely N-dealkylation sites (tertiary alicyclic amines) is 1. The first-order valence-electron chi connectivity index (χ1n) is 9.02. The Morgan fingerprint density at radius 3 is 2.85 bits per heavy atom. The van der Waals surface area contributed by atoms with Crippen molar-refractivity contribution in [2.45, 2.75) is 57.5 Å². The highest BCUT2D eigenvalue weighted by Gasteiger charge is 2.25. The molecule has 0 aromatic carbocycles. The predicted octanol–water partition coefficient (Wildman–Crippen LogP) is 3.32. The normalized spacial score (nSPS) is 16.8. The van der Waals surface area contributed by atoms with E-state index in [1.807, 2.05) is 4.90 Å². The van der Waals surface area contributed by atoms with E-state index >= 15 is 0 Å². The Bertz CT molecular complexity index is 715. The number of thioether (sulfide) groups is 1. The number of hydrogen-bond donors (Lipinski definition) is 0. The van der Waals surface area contributed by atoms with Gasteiger partial charge in [0.1, 0.15) is 11.1 Å². The van der Waals surface area contributed by atoms with Crippen molar-refractivity contribution in [1.29, 1.82) is 5.26 Å². The van der Waals surface area contributed by atoms with Crippen LogP contribution in [0.2, 0.25) is 0 Å². The quantitative estimate of drug-likeness (QED) is 0.560. The Labute approximate surface area is 158 Å². The average Bonchev–Trinajstić information content (AvgIpc) is 2.66. The third-order valence-corrected chi connectivity index (χ3v) is 5.52. The van der Waals surface area contributed by atoms with Gasteiger partial charge >= 0.3 is 5.97 Å². The standard InChI is InChI=1S/C19H25N3O3S/c1-4-15-8-6-7-9-22(15)17(23)12-26-18-14(11-20)10-16(13(3)21-18)19(24)25-5-2/h10,15H,4-9,12H2,1-3H3. The number of nitrogens with zero attached hydrogens (tertiary/aromatic N) is 3. The fourth-order valence-electron chi connectivity index (χ4n) is 3.16. The van der Waals surface area contributed by atoms with Gasteiger partial charge < -0.3 is 9.64 Å². The van der Waals surface area contributed by atoms with E-state index < -0.39 is 5.97 Å². The van der Waals surface area contributed by atoms with Crippen molar-refractivity contribution in [2.24, 2.45) is 0 Å². The van der Waals surface area contributed by atoms with Crippen LogP contribution in [0.4, 0.5) is 0 Å². The van der Waals surface area contributed by atoms with Gasteiger partial charge in [-0.1, -0.05) is 18.7 Å². The molecule has 0 bridgehead atoms. The van der Waals surface area contributed by atoms with Crippen LogP contribution in [0.3, 0.4) is 0 Å². The lowest BCUT2D eigenvalue weighted by Crippen LogP contribution is -2.44. The Morgan fingerprint density at radius 2 is 2.19 bits per heavy atom. The summed E-state index contributed by atoms with van der Waals surface area (Å²) in [4.78, 5) is 30.9. The number of carbonyl (C=O) groups is 2. The highest BCUT2D eigenvalue weighted by Crippen LogP contribution is 2.26. The summed E-state index contributed by atoms with van der Waals surface area (Å²) >= 11 is 1.26. The van der Waals surface area contributed by atoms with Gasteiger partial charge in [-0.05, 0) is 45.6 Å². The van der Waals surface area contributed by atoms with E-state index in [1.165, 1.54) is 24.2 Å². The lowest BCUT2D eigenvalue weighted by Gasteiger charge is -2.35. The summed E-state index contributed by atoms with van der Waals surface area (Å²) in [5.41, 5.74) is 1.09. The summed E-state index contributed by atoms with van der Waals surface area (Å²) in [5, 5.41) is 9.87. The van der Waals surface area contributed by atoms with Gasteiger partial charge in [0.05, 0.1) is 29.2 Å². The number of amides is 1. The Morgan fingerprint density at radius 1 is 1.42 bits per heavy atom. The van der Waals surface area contributed by atoms with E-state index in [4.69, 9.17) is 4.74 Å². The first-order valence-corrected chi connectivity index (χ1v) is 10.0. The van der Waals surface area contributed by atoms with Gasteiger partial charge in [-0.15, -0.1) is 0 Å². The molecule has 0 N–H and O–H groups in total. The minimum atomic E-state index is -0.485. The fourth-order valence-corrected chi connectivity index (χ4v) is 4.04. The summed E-state index contributed by atoms with van der Waals surface area (Å²) in [6.07, 6.45) is 4.24. The van der Waals surface area contributed by atoms with E-state index in [1.54, 1.807) is 13.8 Å². The molecule has 1 fully saturated rings. The summed E-state index contributed by atoms with van der Waals surface area (Å²) in [7, 11) is 0. The van der Waals surface area contributed by atoms with Crippen LogP contribution in [0, 0.1) is 18.3 Å². The first kappa shape index (κ1) is 20.2. The maximum atomic E-state index is 12.6. The molecule has 26 heavy (non-hydrogen) atoms. The molecule has 1 aromatic rings. The molecule has 1 atom stereocenters. The SMILES string of the molecule is CCOC(=O)c1cc(C#N)c(SCC(=O)N2CCCCC2CC)nc1C. The number of piperidine rings is 1. The molecular weight excluding hydrogens is 350 g/mol. The van der Waals surface area contributed by atoms with Crippen molar-refractivity contribution < 1.29 is 14.3 Å². The molecule has 1 unspecified atom stereocenters. The van der Waals surface area contributed by atoms with Crippen molar-refractivity contribution in [1.82, 2.24) is 9.88 Å². The van der Waals surface area contributed by atoms with Crippen molar-refractivity contribution >= 4 is 23.6 Å². The fraction of sp³-hybridized carbons (Fsp3) is 0.579. The smallest absolute Gasteiger partial charge is 0.340 e. The predicted molar refractivity (Wildman–Crippen MR) is 100 cm³/mol. The van der Waals surface area contributed by atoms with E-state index in [0.717, 1.165) is 25.8 Å². The van der Waals surface area contributed by atoms with Crippen LogP contribution in [-0.2, 0) is 9.53 Å². The zero-order valence-corrected chi connectivity index (χ0v) is 16.4. The third-order valence-electron chi connectivity index (χ3n) is 4.55. The maximum Gasteiger partial charge on any atom is 0.340 e. The molecule has 1 saturated heterocycles. The largest absolute Gasteiger partial charge is 0.462 e. The summed E-state index contributed by atoms with van der Waals surface area (Å²) < 4.78 is 4.99. The van der Waals surface area contributed by atoms with E-state index in [-0.39, 0.29) is 18.3 Å². The van der Waals surface area contributed by atoms with Crippen LogP contribution >= 0.6 is 11.8 Å². The second-order valence-corrected chi connectivity index (χ2v) is 7.20. The topological polar surface area (TPSA) is 83.3 Å². The number of carbonyl (C=O) groups excluding carboxylic acids is 2. The molecule has 1 aliphatic heterocycles. The average molecular weight is 375 g/mol. The summed E-state index contributed by atoms with van der Waals surface area (Å²) in [5.74, 6) is -0.156. The molecule has 0 spiro atoms. The van der Waals surface area contributed by atoms with Crippen LogP contribution in [0.15, 0.2) is 11.1 Å². The van der Waals surface area contributed by atoms with Gasteiger partial charge in [-0.25, -0.2) is 9.78 Å². The molecule has 2 heterocycles. The molecule has 1 aromatic heterocycles. The van der Waals surface area contributed by atoms with Crippen LogP contribution in [0.1, 0.15) is 61.1 Å².